The molecule has 1 heterocycles. The molecule has 0 saturated heterocycles. The lowest BCUT2D eigenvalue weighted by atomic mass is 10.2. The minimum absolute atomic E-state index is 0.0908. The molecule has 0 aliphatic heterocycles. The summed E-state index contributed by atoms with van der Waals surface area (Å²) >= 11 is 0. The van der Waals surface area contributed by atoms with Gasteiger partial charge in [-0.2, -0.15) is 5.26 Å². The molecule has 17 heavy (non-hydrogen) atoms. The maximum atomic E-state index is 9.14. The molecule has 2 rings (SSSR count). The lowest BCUT2D eigenvalue weighted by molar-refractivity contribution is 0.276. The van der Waals surface area contributed by atoms with Crippen LogP contribution in [0, 0.1) is 11.3 Å². The van der Waals surface area contributed by atoms with E-state index in [1.165, 1.54) is 6.20 Å². The van der Waals surface area contributed by atoms with Gasteiger partial charge in [-0.15, -0.1) is 0 Å². The van der Waals surface area contributed by atoms with Gasteiger partial charge in [0.2, 0.25) is 5.88 Å². The summed E-state index contributed by atoms with van der Waals surface area (Å²) in [7, 11) is 0. The van der Waals surface area contributed by atoms with Gasteiger partial charge in [-0.1, -0.05) is 18.2 Å². The number of nitriles is 1. The number of hydrogen-bond donors (Lipinski definition) is 1. The first-order chi connectivity index (χ1) is 8.33. The van der Waals surface area contributed by atoms with Crippen LogP contribution in [0.3, 0.4) is 0 Å². The fourth-order valence-corrected chi connectivity index (χ4v) is 1.35. The Hall–Kier alpha value is -2.38. The average molecular weight is 226 g/mol. The number of benzene rings is 1. The first-order valence-electron chi connectivity index (χ1n) is 5.06. The number of aliphatic hydroxyl groups is 1. The number of aliphatic hydroxyl groups excluding tert-OH is 1. The van der Waals surface area contributed by atoms with Gasteiger partial charge in [0.1, 0.15) is 11.8 Å². The Balaban J connectivity index is 2.22. The van der Waals surface area contributed by atoms with Gasteiger partial charge in [-0.25, -0.2) is 4.98 Å². The summed E-state index contributed by atoms with van der Waals surface area (Å²) in [4.78, 5) is 3.99. The fourth-order valence-electron chi connectivity index (χ4n) is 1.35. The number of pyridine rings is 1. The molecule has 0 aliphatic rings. The second-order valence-corrected chi connectivity index (χ2v) is 3.36. The molecule has 0 radical (unpaired) electrons. The molecule has 1 aromatic carbocycles. The Morgan fingerprint density at radius 1 is 1.24 bits per heavy atom. The molecule has 2 aromatic rings. The van der Waals surface area contributed by atoms with E-state index in [1.54, 1.807) is 24.3 Å². The molecular formula is C13H10N2O2. The van der Waals surface area contributed by atoms with Crippen molar-refractivity contribution >= 4 is 0 Å². The minimum atomic E-state index is -0.0908. The predicted molar refractivity (Wildman–Crippen MR) is 61.4 cm³/mol. The van der Waals surface area contributed by atoms with Gasteiger partial charge in [0, 0.05) is 17.8 Å². The number of rotatable bonds is 3. The summed E-state index contributed by atoms with van der Waals surface area (Å²) in [5.41, 5.74) is 1.17. The number of hydrogen-bond acceptors (Lipinski definition) is 4. The molecule has 0 aliphatic carbocycles. The Morgan fingerprint density at radius 3 is 2.71 bits per heavy atom. The van der Waals surface area contributed by atoms with Crippen LogP contribution in [-0.2, 0) is 6.61 Å². The quantitative estimate of drug-likeness (QED) is 0.871. The second kappa shape index (κ2) is 5.10. The zero-order chi connectivity index (χ0) is 12.1. The van der Waals surface area contributed by atoms with Gasteiger partial charge >= 0.3 is 0 Å². The highest BCUT2D eigenvalue weighted by atomic mass is 16.5. The third kappa shape index (κ3) is 2.60. The minimum Gasteiger partial charge on any atom is -0.439 e. The maximum Gasteiger partial charge on any atom is 0.219 e. The molecule has 1 aromatic heterocycles. The van der Waals surface area contributed by atoms with E-state index in [4.69, 9.17) is 15.1 Å². The van der Waals surface area contributed by atoms with Crippen molar-refractivity contribution in [1.29, 1.82) is 5.26 Å². The van der Waals surface area contributed by atoms with Crippen LogP contribution in [-0.4, -0.2) is 10.1 Å². The molecule has 0 fully saturated rings. The summed E-state index contributed by atoms with van der Waals surface area (Å²) in [6.45, 7) is -0.0908. The largest absolute Gasteiger partial charge is 0.439 e. The number of para-hydroxylation sites is 1. The van der Waals surface area contributed by atoms with Gasteiger partial charge in [-0.05, 0) is 12.1 Å². The molecule has 4 heteroatoms. The summed E-state index contributed by atoms with van der Waals surface area (Å²) in [6.07, 6.45) is 1.44. The molecule has 0 atom stereocenters. The maximum absolute atomic E-state index is 9.14. The van der Waals surface area contributed by atoms with Crippen molar-refractivity contribution in [2.75, 3.05) is 0 Å². The standard InChI is InChI=1S/C13H10N2O2/c14-7-10-5-6-13(15-8-10)17-12-4-2-1-3-11(12)9-16/h1-6,8,16H,9H2. The number of nitrogens with zero attached hydrogens (tertiary/aromatic N) is 2. The predicted octanol–water partition coefficient (Wildman–Crippen LogP) is 2.24. The SMILES string of the molecule is N#Cc1ccc(Oc2ccccc2CO)nc1. The van der Waals surface area contributed by atoms with E-state index < -0.39 is 0 Å². The van der Waals surface area contributed by atoms with Gasteiger partial charge in [-0.3, -0.25) is 0 Å². The summed E-state index contributed by atoms with van der Waals surface area (Å²) in [5, 5.41) is 17.8. The molecule has 0 saturated carbocycles. The number of ether oxygens (including phenoxy) is 1. The van der Waals surface area contributed by atoms with E-state index in [9.17, 15) is 0 Å². The van der Waals surface area contributed by atoms with E-state index in [-0.39, 0.29) is 6.61 Å². The first kappa shape index (κ1) is 11.1. The molecule has 84 valence electrons. The zero-order valence-corrected chi connectivity index (χ0v) is 9.00. The van der Waals surface area contributed by atoms with Crippen molar-refractivity contribution < 1.29 is 9.84 Å². The average Bonchev–Trinajstić information content (AvgIpc) is 2.40. The highest BCUT2D eigenvalue weighted by Crippen LogP contribution is 2.23. The molecule has 1 N–H and O–H groups in total. The molecule has 4 nitrogen and oxygen atoms in total. The van der Waals surface area contributed by atoms with Crippen LogP contribution in [0.15, 0.2) is 42.6 Å². The van der Waals surface area contributed by atoms with E-state index in [1.807, 2.05) is 18.2 Å². The topological polar surface area (TPSA) is 66.1 Å². The Kier molecular flexibility index (Phi) is 3.34. The van der Waals surface area contributed by atoms with Gasteiger partial charge in [0.05, 0.1) is 12.2 Å². The first-order valence-corrected chi connectivity index (χ1v) is 5.06. The lowest BCUT2D eigenvalue weighted by Gasteiger charge is -2.08. The smallest absolute Gasteiger partial charge is 0.219 e. The van der Waals surface area contributed by atoms with Crippen LogP contribution >= 0.6 is 0 Å². The van der Waals surface area contributed by atoms with Crippen LogP contribution in [0.2, 0.25) is 0 Å². The van der Waals surface area contributed by atoms with Crippen molar-refractivity contribution in [3.8, 4) is 17.7 Å². The van der Waals surface area contributed by atoms with Crippen LogP contribution in [0.25, 0.3) is 0 Å². The fraction of sp³-hybridized carbons (Fsp3) is 0.0769. The molecular weight excluding hydrogens is 216 g/mol. The highest BCUT2D eigenvalue weighted by molar-refractivity contribution is 5.36. The Morgan fingerprint density at radius 2 is 2.06 bits per heavy atom. The molecule has 0 bridgehead atoms. The van der Waals surface area contributed by atoms with E-state index >= 15 is 0 Å². The van der Waals surface area contributed by atoms with Gasteiger partial charge in [0.15, 0.2) is 0 Å². The third-order valence-electron chi connectivity index (χ3n) is 2.22. The monoisotopic (exact) mass is 226 g/mol. The summed E-state index contributed by atoms with van der Waals surface area (Å²) < 4.78 is 5.52. The van der Waals surface area contributed by atoms with Crippen molar-refractivity contribution in [2.24, 2.45) is 0 Å². The van der Waals surface area contributed by atoms with E-state index in [2.05, 4.69) is 4.98 Å². The third-order valence-corrected chi connectivity index (χ3v) is 2.22. The van der Waals surface area contributed by atoms with Gasteiger partial charge in [0.25, 0.3) is 0 Å². The second-order valence-electron chi connectivity index (χ2n) is 3.36. The van der Waals surface area contributed by atoms with E-state index in [0.717, 1.165) is 0 Å². The summed E-state index contributed by atoms with van der Waals surface area (Å²) in [6, 6.07) is 12.4. The van der Waals surface area contributed by atoms with Crippen molar-refractivity contribution in [2.45, 2.75) is 6.61 Å². The van der Waals surface area contributed by atoms with Crippen LogP contribution in [0.1, 0.15) is 11.1 Å². The summed E-state index contributed by atoms with van der Waals surface area (Å²) in [5.74, 6) is 0.956. The van der Waals surface area contributed by atoms with E-state index in [0.29, 0.717) is 22.8 Å². The highest BCUT2D eigenvalue weighted by Gasteiger charge is 2.03. The van der Waals surface area contributed by atoms with Crippen molar-refractivity contribution in [3.05, 3.63) is 53.7 Å². The molecule has 0 unspecified atom stereocenters. The van der Waals surface area contributed by atoms with Crippen molar-refractivity contribution in [3.63, 3.8) is 0 Å². The lowest BCUT2D eigenvalue weighted by Crippen LogP contribution is -1.93. The molecule has 0 amide bonds. The number of aromatic nitrogens is 1. The Bertz CT molecular complexity index is 544. The Labute approximate surface area is 98.7 Å². The zero-order valence-electron chi connectivity index (χ0n) is 9.00. The van der Waals surface area contributed by atoms with Gasteiger partial charge < -0.3 is 9.84 Å². The van der Waals surface area contributed by atoms with Crippen LogP contribution < -0.4 is 4.74 Å². The normalized spacial score (nSPS) is 9.65. The molecule has 0 spiro atoms. The van der Waals surface area contributed by atoms with Crippen molar-refractivity contribution in [1.82, 2.24) is 4.98 Å². The van der Waals surface area contributed by atoms with Crippen LogP contribution in [0.4, 0.5) is 0 Å². The van der Waals surface area contributed by atoms with Crippen LogP contribution in [0.5, 0.6) is 11.6 Å².